The first kappa shape index (κ1) is 45.0. The van der Waals surface area contributed by atoms with Crippen LogP contribution in [-0.2, 0) is 49.5 Å². The lowest BCUT2D eigenvalue weighted by molar-refractivity contribution is -0.166. The van der Waals surface area contributed by atoms with E-state index < -0.39 is 47.5 Å². The molecule has 4 unspecified atom stereocenters. The van der Waals surface area contributed by atoms with E-state index in [-0.39, 0.29) is 19.1 Å². The number of amides is 1. The maximum absolute atomic E-state index is 13.5. The van der Waals surface area contributed by atoms with Crippen LogP contribution in [0.2, 0.25) is 0 Å². The summed E-state index contributed by atoms with van der Waals surface area (Å²) in [4.78, 5) is 70.9. The SMILES string of the molecule is CC(C(=O)NCC(=O)OCc1ccccc1)N1CCN(C(C=O)OC(C)(C)C)CCN(C(C=O)OC(C)(C)C)CCN(C(C=O)OC(C)(C)C)CC1. The number of rotatable bonds is 15. The molecule has 2 rings (SSSR count). The van der Waals surface area contributed by atoms with Crippen LogP contribution in [0.5, 0.6) is 0 Å². The van der Waals surface area contributed by atoms with E-state index in [4.69, 9.17) is 18.9 Å². The van der Waals surface area contributed by atoms with Gasteiger partial charge in [-0.3, -0.25) is 43.6 Å². The Labute approximate surface area is 310 Å². The summed E-state index contributed by atoms with van der Waals surface area (Å²) in [5.41, 5.74) is -1.04. The minimum atomic E-state index is -0.899. The van der Waals surface area contributed by atoms with E-state index in [2.05, 4.69) is 5.32 Å². The fraction of sp³-hybridized carbons (Fsp3) is 0.711. The molecule has 0 spiro atoms. The van der Waals surface area contributed by atoms with Gasteiger partial charge in [-0.1, -0.05) is 30.3 Å². The highest BCUT2D eigenvalue weighted by molar-refractivity contribution is 5.85. The zero-order valence-electron chi connectivity index (χ0n) is 33.0. The molecule has 4 atom stereocenters. The van der Waals surface area contributed by atoms with Crippen LogP contribution in [-0.4, -0.2) is 151 Å². The molecule has 1 heterocycles. The predicted molar refractivity (Wildman–Crippen MR) is 197 cm³/mol. The van der Waals surface area contributed by atoms with Gasteiger partial charge >= 0.3 is 5.97 Å². The molecule has 1 fully saturated rings. The topological polar surface area (TPSA) is 147 Å². The molecule has 52 heavy (non-hydrogen) atoms. The van der Waals surface area contributed by atoms with Crippen LogP contribution in [0.3, 0.4) is 0 Å². The molecule has 14 nitrogen and oxygen atoms in total. The lowest BCUT2D eigenvalue weighted by atomic mass is 10.2. The summed E-state index contributed by atoms with van der Waals surface area (Å²) >= 11 is 0. The highest BCUT2D eigenvalue weighted by atomic mass is 16.5. The summed E-state index contributed by atoms with van der Waals surface area (Å²) in [7, 11) is 0. The van der Waals surface area contributed by atoms with E-state index in [1.54, 1.807) is 6.92 Å². The second-order valence-corrected chi connectivity index (χ2v) is 16.0. The Morgan fingerprint density at radius 1 is 0.635 bits per heavy atom. The quantitative estimate of drug-likeness (QED) is 0.208. The number of carbonyl (C=O) groups is 5. The first-order valence-electron chi connectivity index (χ1n) is 18.1. The van der Waals surface area contributed by atoms with Crippen LogP contribution in [0, 0.1) is 0 Å². The Kier molecular flexibility index (Phi) is 18.2. The second kappa shape index (κ2) is 21.0. The molecule has 0 aromatic heterocycles. The minimum absolute atomic E-state index is 0.0965. The third-order valence-corrected chi connectivity index (χ3v) is 8.13. The third kappa shape index (κ3) is 17.1. The molecule has 0 radical (unpaired) electrons. The van der Waals surface area contributed by atoms with Gasteiger partial charge in [0, 0.05) is 52.4 Å². The van der Waals surface area contributed by atoms with Gasteiger partial charge in [-0.25, -0.2) is 0 Å². The van der Waals surface area contributed by atoms with Gasteiger partial charge < -0.3 is 24.3 Å². The molecule has 1 amide bonds. The summed E-state index contributed by atoms with van der Waals surface area (Å²) in [6.07, 6.45) is -0.411. The predicted octanol–water partition coefficient (Wildman–Crippen LogP) is 2.48. The number of aldehydes is 3. The molecular formula is C38H63N5O9. The smallest absolute Gasteiger partial charge is 0.325 e. The van der Waals surface area contributed by atoms with Gasteiger partial charge in [-0.2, -0.15) is 0 Å². The Morgan fingerprint density at radius 2 is 0.981 bits per heavy atom. The standard InChI is InChI=1S/C38H63N5O9/c1-29(35(48)39-24-34(47)49-28-30-14-12-11-13-15-30)40-16-18-41(31(25-44)50-36(2,3)4)20-22-43(33(27-46)52-38(8,9)10)23-21-42(19-17-40)32(26-45)51-37(5,6)7/h11-15,25-27,29,31-33H,16-24,28H2,1-10H3,(H,39,48). The number of hydrogen-bond acceptors (Lipinski definition) is 13. The van der Waals surface area contributed by atoms with Crippen LogP contribution < -0.4 is 5.32 Å². The summed E-state index contributed by atoms with van der Waals surface area (Å²) in [5.74, 6) is -0.942. The highest BCUT2D eigenvalue weighted by Crippen LogP contribution is 2.18. The fourth-order valence-electron chi connectivity index (χ4n) is 5.54. The van der Waals surface area contributed by atoms with Crippen molar-refractivity contribution in [2.24, 2.45) is 0 Å². The van der Waals surface area contributed by atoms with E-state index in [1.807, 2.05) is 112 Å². The summed E-state index contributed by atoms with van der Waals surface area (Å²) in [6, 6.07) is 8.57. The number of benzene rings is 1. The molecule has 0 saturated carbocycles. The Balaban J connectivity index is 2.39. The molecule has 1 aromatic rings. The van der Waals surface area contributed by atoms with E-state index in [1.165, 1.54) is 0 Å². The van der Waals surface area contributed by atoms with Crippen molar-refractivity contribution in [3.8, 4) is 0 Å². The van der Waals surface area contributed by atoms with Crippen LogP contribution >= 0.6 is 0 Å². The number of hydrogen-bond donors (Lipinski definition) is 1. The van der Waals surface area contributed by atoms with Gasteiger partial charge in [0.05, 0.1) is 22.8 Å². The summed E-state index contributed by atoms with van der Waals surface area (Å²) < 4.78 is 23.8. The number of carbonyl (C=O) groups excluding carboxylic acids is 5. The monoisotopic (exact) mass is 733 g/mol. The molecule has 0 bridgehead atoms. The second-order valence-electron chi connectivity index (χ2n) is 16.0. The first-order valence-corrected chi connectivity index (χ1v) is 18.1. The number of ether oxygens (including phenoxy) is 4. The fourth-order valence-corrected chi connectivity index (χ4v) is 5.54. The van der Waals surface area contributed by atoms with Crippen LogP contribution in [0.15, 0.2) is 30.3 Å². The summed E-state index contributed by atoms with van der Waals surface area (Å²) in [6.45, 7) is 21.0. The van der Waals surface area contributed by atoms with Crippen molar-refractivity contribution in [3.63, 3.8) is 0 Å². The van der Waals surface area contributed by atoms with Crippen molar-refractivity contribution in [1.29, 1.82) is 0 Å². The highest BCUT2D eigenvalue weighted by Gasteiger charge is 2.33. The van der Waals surface area contributed by atoms with E-state index in [9.17, 15) is 24.0 Å². The maximum Gasteiger partial charge on any atom is 0.325 e. The van der Waals surface area contributed by atoms with Crippen molar-refractivity contribution in [1.82, 2.24) is 24.9 Å². The summed E-state index contributed by atoms with van der Waals surface area (Å²) in [5, 5.41) is 2.70. The zero-order chi connectivity index (χ0) is 39.1. The van der Waals surface area contributed by atoms with Gasteiger partial charge in [0.1, 0.15) is 13.2 Å². The van der Waals surface area contributed by atoms with Crippen LogP contribution in [0.1, 0.15) is 74.8 Å². The average molecular weight is 734 g/mol. The number of esters is 1. The Morgan fingerprint density at radius 3 is 1.31 bits per heavy atom. The Hall–Kier alpha value is -3.11. The van der Waals surface area contributed by atoms with Gasteiger partial charge in [-0.15, -0.1) is 0 Å². The molecule has 1 N–H and O–H groups in total. The molecule has 294 valence electrons. The number of nitrogens with one attached hydrogen (secondary N) is 1. The van der Waals surface area contributed by atoms with Gasteiger partial charge in [-0.05, 0) is 74.8 Å². The Bertz CT molecular complexity index is 1220. The molecule has 14 heteroatoms. The molecule has 1 aliphatic heterocycles. The largest absolute Gasteiger partial charge is 0.460 e. The normalized spacial score (nSPS) is 19.3. The van der Waals surface area contributed by atoms with Crippen molar-refractivity contribution in [2.45, 2.75) is 117 Å². The van der Waals surface area contributed by atoms with Crippen molar-refractivity contribution in [3.05, 3.63) is 35.9 Å². The molecule has 0 aliphatic carbocycles. The third-order valence-electron chi connectivity index (χ3n) is 8.13. The number of nitrogens with zero attached hydrogens (tertiary/aromatic N) is 4. The molecular weight excluding hydrogens is 670 g/mol. The molecule has 1 aromatic carbocycles. The van der Waals surface area contributed by atoms with Gasteiger partial charge in [0.15, 0.2) is 37.5 Å². The molecule has 1 saturated heterocycles. The van der Waals surface area contributed by atoms with E-state index in [0.717, 1.165) is 24.4 Å². The average Bonchev–Trinajstić information content (AvgIpc) is 3.06. The van der Waals surface area contributed by atoms with E-state index in [0.29, 0.717) is 52.4 Å². The van der Waals surface area contributed by atoms with Gasteiger partial charge in [0.2, 0.25) is 5.91 Å². The first-order chi connectivity index (χ1) is 24.2. The van der Waals surface area contributed by atoms with Crippen LogP contribution in [0.25, 0.3) is 0 Å². The lowest BCUT2D eigenvalue weighted by Crippen LogP contribution is -2.57. The maximum atomic E-state index is 13.5. The molecule has 1 aliphatic rings. The van der Waals surface area contributed by atoms with E-state index >= 15 is 0 Å². The van der Waals surface area contributed by atoms with Crippen molar-refractivity contribution < 1.29 is 42.9 Å². The van der Waals surface area contributed by atoms with Crippen molar-refractivity contribution in [2.75, 3.05) is 58.9 Å². The van der Waals surface area contributed by atoms with Gasteiger partial charge in [0.25, 0.3) is 0 Å². The van der Waals surface area contributed by atoms with Crippen molar-refractivity contribution >= 4 is 30.7 Å². The van der Waals surface area contributed by atoms with Crippen LogP contribution in [0.4, 0.5) is 0 Å². The zero-order valence-corrected chi connectivity index (χ0v) is 33.0. The minimum Gasteiger partial charge on any atom is -0.460 e. The lowest BCUT2D eigenvalue weighted by Gasteiger charge is -2.41.